The zero-order chi connectivity index (χ0) is 14.1. The first-order valence-electron chi connectivity index (χ1n) is 7.17. The van der Waals surface area contributed by atoms with E-state index >= 15 is 0 Å². The first-order chi connectivity index (χ1) is 9.70. The van der Waals surface area contributed by atoms with Crippen molar-refractivity contribution in [3.8, 4) is 0 Å². The third kappa shape index (κ3) is 2.40. The van der Waals surface area contributed by atoms with Gasteiger partial charge in [0.05, 0.1) is 6.26 Å². The average Bonchev–Trinajstić information content (AvgIpc) is 2.85. The van der Waals surface area contributed by atoms with Crippen molar-refractivity contribution in [1.82, 2.24) is 5.32 Å². The van der Waals surface area contributed by atoms with E-state index in [1.165, 1.54) is 22.4 Å². The quantitative estimate of drug-likeness (QED) is 0.898. The molecule has 1 aliphatic rings. The largest absolute Gasteiger partial charge is 0.468 e. The Balaban J connectivity index is 1.91. The van der Waals surface area contributed by atoms with Crippen LogP contribution >= 0.6 is 11.8 Å². The number of furan rings is 1. The lowest BCUT2D eigenvalue weighted by Crippen LogP contribution is -2.33. The molecule has 3 rings (SSSR count). The van der Waals surface area contributed by atoms with Crippen LogP contribution in [0.1, 0.15) is 42.2 Å². The highest BCUT2D eigenvalue weighted by Crippen LogP contribution is 2.45. The Kier molecular flexibility index (Phi) is 3.90. The molecule has 0 spiro atoms. The molecule has 1 aromatic heterocycles. The van der Waals surface area contributed by atoms with E-state index < -0.39 is 0 Å². The van der Waals surface area contributed by atoms with Crippen LogP contribution < -0.4 is 5.32 Å². The van der Waals surface area contributed by atoms with Crippen LogP contribution in [-0.2, 0) is 0 Å². The fraction of sp³-hybridized carbons (Fsp3) is 0.412. The summed E-state index contributed by atoms with van der Waals surface area (Å²) in [6, 6.07) is 11.3. The summed E-state index contributed by atoms with van der Waals surface area (Å²) < 4.78 is 5.43. The molecule has 20 heavy (non-hydrogen) atoms. The topological polar surface area (TPSA) is 25.2 Å². The molecule has 0 fully saturated rings. The smallest absolute Gasteiger partial charge is 0.114 e. The maximum absolute atomic E-state index is 5.43. The molecule has 1 N–H and O–H groups in total. The fourth-order valence-electron chi connectivity index (χ4n) is 3.17. The van der Waals surface area contributed by atoms with Gasteiger partial charge in [-0.2, -0.15) is 0 Å². The van der Waals surface area contributed by atoms with Gasteiger partial charge in [0.25, 0.3) is 0 Å². The second-order valence-electron chi connectivity index (χ2n) is 5.53. The highest BCUT2D eigenvalue weighted by Gasteiger charge is 2.33. The Labute approximate surface area is 125 Å². The minimum Gasteiger partial charge on any atom is -0.468 e. The Morgan fingerprint density at radius 2 is 1.95 bits per heavy atom. The molecule has 3 unspecified atom stereocenters. The van der Waals surface area contributed by atoms with Crippen LogP contribution in [0, 0.1) is 6.92 Å². The first-order valence-corrected chi connectivity index (χ1v) is 8.05. The minimum absolute atomic E-state index is 0.404. The van der Waals surface area contributed by atoms with Crippen molar-refractivity contribution in [2.24, 2.45) is 0 Å². The number of hydrogen-bond donors (Lipinski definition) is 1. The zero-order valence-corrected chi connectivity index (χ0v) is 13.0. The van der Waals surface area contributed by atoms with Crippen LogP contribution in [0.4, 0.5) is 0 Å². The van der Waals surface area contributed by atoms with E-state index in [1.807, 2.05) is 18.7 Å². The van der Waals surface area contributed by atoms with Gasteiger partial charge in [0.15, 0.2) is 0 Å². The third-order valence-electron chi connectivity index (χ3n) is 4.22. The van der Waals surface area contributed by atoms with Crippen molar-refractivity contribution in [2.45, 2.75) is 42.4 Å². The molecule has 0 amide bonds. The highest BCUT2D eigenvalue weighted by molar-refractivity contribution is 8.00. The second-order valence-corrected chi connectivity index (χ2v) is 6.81. The predicted molar refractivity (Wildman–Crippen MR) is 84.4 cm³/mol. The van der Waals surface area contributed by atoms with Crippen molar-refractivity contribution in [1.29, 1.82) is 0 Å². The lowest BCUT2D eigenvalue weighted by atomic mass is 9.81. The number of benzene rings is 1. The molecule has 2 aromatic rings. The SMILES string of the molecule is CNC1c2ccccc2C(C)CC1Sc1ccoc1C. The second kappa shape index (κ2) is 5.66. The van der Waals surface area contributed by atoms with Crippen molar-refractivity contribution < 1.29 is 4.42 Å². The zero-order valence-electron chi connectivity index (χ0n) is 12.2. The van der Waals surface area contributed by atoms with Gasteiger partial charge in [-0.3, -0.25) is 0 Å². The summed E-state index contributed by atoms with van der Waals surface area (Å²) in [6.07, 6.45) is 2.98. The van der Waals surface area contributed by atoms with Crippen molar-refractivity contribution >= 4 is 11.8 Å². The minimum atomic E-state index is 0.404. The van der Waals surface area contributed by atoms with Gasteiger partial charge in [0.1, 0.15) is 5.76 Å². The predicted octanol–water partition coefficient (Wildman–Crippen LogP) is 4.52. The van der Waals surface area contributed by atoms with E-state index in [1.54, 1.807) is 6.26 Å². The number of thioether (sulfide) groups is 1. The van der Waals surface area contributed by atoms with Crippen LogP contribution in [0.25, 0.3) is 0 Å². The summed E-state index contributed by atoms with van der Waals surface area (Å²) in [6.45, 7) is 4.37. The van der Waals surface area contributed by atoms with Gasteiger partial charge in [-0.25, -0.2) is 0 Å². The molecule has 106 valence electrons. The average molecular weight is 287 g/mol. The summed E-state index contributed by atoms with van der Waals surface area (Å²) in [5.41, 5.74) is 2.94. The molecular formula is C17H21NOS. The molecule has 0 saturated heterocycles. The van der Waals surface area contributed by atoms with Crippen molar-refractivity contribution in [3.63, 3.8) is 0 Å². The Hall–Kier alpha value is -1.19. The normalized spacial score (nSPS) is 25.4. The van der Waals surface area contributed by atoms with E-state index in [0.717, 1.165) is 5.76 Å². The van der Waals surface area contributed by atoms with Crippen LogP contribution in [0.5, 0.6) is 0 Å². The van der Waals surface area contributed by atoms with Gasteiger partial charge in [-0.05, 0) is 43.5 Å². The maximum atomic E-state index is 5.43. The molecule has 3 heteroatoms. The molecule has 1 aromatic carbocycles. The van der Waals surface area contributed by atoms with Gasteiger partial charge in [0, 0.05) is 16.2 Å². The monoisotopic (exact) mass is 287 g/mol. The standard InChI is InChI=1S/C17H21NOS/c1-11-10-16(20-15-8-9-19-12(15)2)17(18-3)14-7-5-4-6-13(11)14/h4-9,11,16-18H,10H2,1-3H3. The lowest BCUT2D eigenvalue weighted by Gasteiger charge is -2.36. The summed E-state index contributed by atoms with van der Waals surface area (Å²) in [5, 5.41) is 4.05. The van der Waals surface area contributed by atoms with Crippen LogP contribution in [0.15, 0.2) is 45.9 Å². The molecule has 0 saturated carbocycles. The number of fused-ring (bicyclic) bond motifs is 1. The molecule has 0 aliphatic heterocycles. The van der Waals surface area contributed by atoms with Gasteiger partial charge in [0.2, 0.25) is 0 Å². The molecular weight excluding hydrogens is 266 g/mol. The highest BCUT2D eigenvalue weighted by atomic mass is 32.2. The Bertz CT molecular complexity index is 592. The molecule has 0 bridgehead atoms. The van der Waals surface area contributed by atoms with E-state index in [0.29, 0.717) is 17.2 Å². The van der Waals surface area contributed by atoms with Crippen molar-refractivity contribution in [3.05, 3.63) is 53.5 Å². The summed E-state index contributed by atoms with van der Waals surface area (Å²) in [7, 11) is 2.06. The third-order valence-corrected chi connectivity index (χ3v) is 5.67. The van der Waals surface area contributed by atoms with Gasteiger partial charge < -0.3 is 9.73 Å². The number of nitrogens with one attached hydrogen (secondary N) is 1. The maximum Gasteiger partial charge on any atom is 0.114 e. The summed E-state index contributed by atoms with van der Waals surface area (Å²) in [4.78, 5) is 1.27. The molecule has 1 heterocycles. The van der Waals surface area contributed by atoms with E-state index in [9.17, 15) is 0 Å². The number of rotatable bonds is 3. The number of hydrogen-bond acceptors (Lipinski definition) is 3. The number of aryl methyl sites for hydroxylation is 1. The Morgan fingerprint density at radius 3 is 2.60 bits per heavy atom. The van der Waals surface area contributed by atoms with E-state index in [-0.39, 0.29) is 0 Å². The lowest BCUT2D eigenvalue weighted by molar-refractivity contribution is 0.472. The molecule has 1 aliphatic carbocycles. The van der Waals surface area contributed by atoms with Crippen LogP contribution in [0.2, 0.25) is 0 Å². The van der Waals surface area contributed by atoms with Crippen LogP contribution in [0.3, 0.4) is 0 Å². The van der Waals surface area contributed by atoms with E-state index in [4.69, 9.17) is 4.42 Å². The molecule has 0 radical (unpaired) electrons. The molecule has 2 nitrogen and oxygen atoms in total. The summed E-state index contributed by atoms with van der Waals surface area (Å²) in [5.74, 6) is 1.64. The van der Waals surface area contributed by atoms with Gasteiger partial charge in [-0.1, -0.05) is 31.2 Å². The van der Waals surface area contributed by atoms with Gasteiger partial charge in [-0.15, -0.1) is 11.8 Å². The van der Waals surface area contributed by atoms with Gasteiger partial charge >= 0.3 is 0 Å². The summed E-state index contributed by atoms with van der Waals surface area (Å²) >= 11 is 1.94. The molecule has 3 atom stereocenters. The fourth-order valence-corrected chi connectivity index (χ4v) is 4.65. The Morgan fingerprint density at radius 1 is 1.20 bits per heavy atom. The van der Waals surface area contributed by atoms with Crippen LogP contribution in [-0.4, -0.2) is 12.3 Å². The van der Waals surface area contributed by atoms with E-state index in [2.05, 4.69) is 49.6 Å². The first kappa shape index (κ1) is 13.8. The van der Waals surface area contributed by atoms with Crippen molar-refractivity contribution in [2.75, 3.05) is 7.05 Å².